The van der Waals surface area contributed by atoms with Crippen LogP contribution in [0.5, 0.6) is 0 Å². The summed E-state index contributed by atoms with van der Waals surface area (Å²) < 4.78 is 20.0. The second kappa shape index (κ2) is 8.51. The lowest BCUT2D eigenvalue weighted by molar-refractivity contribution is -0.115. The summed E-state index contributed by atoms with van der Waals surface area (Å²) in [5.74, 6) is 0.137. The van der Waals surface area contributed by atoms with Gasteiger partial charge in [0.1, 0.15) is 11.6 Å². The van der Waals surface area contributed by atoms with Gasteiger partial charge >= 0.3 is 0 Å². The highest BCUT2D eigenvalue weighted by Gasteiger charge is 2.20. The van der Waals surface area contributed by atoms with Crippen molar-refractivity contribution in [2.75, 3.05) is 12.4 Å². The van der Waals surface area contributed by atoms with E-state index < -0.39 is 5.82 Å². The molecule has 0 saturated heterocycles. The Kier molecular flexibility index (Phi) is 5.75. The Labute approximate surface area is 184 Å². The number of rotatable bonds is 6. The van der Waals surface area contributed by atoms with Crippen molar-refractivity contribution in [1.29, 1.82) is 0 Å². The number of hydrogen-bond donors (Lipinski definition) is 3. The van der Waals surface area contributed by atoms with E-state index in [0.717, 1.165) is 16.6 Å². The van der Waals surface area contributed by atoms with Gasteiger partial charge in [-0.05, 0) is 30.3 Å². The van der Waals surface area contributed by atoms with Gasteiger partial charge in [0, 0.05) is 35.2 Å². The molecule has 0 aliphatic rings. The van der Waals surface area contributed by atoms with Crippen LogP contribution in [0.15, 0.2) is 41.1 Å². The number of aromatic nitrogens is 4. The van der Waals surface area contributed by atoms with Gasteiger partial charge in [0.25, 0.3) is 0 Å². The molecular formula is C23H25FN6O2. The molecule has 3 aromatic heterocycles. The molecule has 4 aromatic rings. The van der Waals surface area contributed by atoms with Crippen molar-refractivity contribution in [3.8, 4) is 11.1 Å². The standard InChI is InChI=1S/C23H25FN6O2/c1-23(2,3)19-10-20(30-32-19)27-21(31)9-14-6-5-13(8-17(14)24)15-7-16-18(12-25-4)28-29-22(16)26-11-15/h5-8,10-11,25H,9,12H2,1-4H3,(H,26,28,29)(H,27,30,31). The zero-order chi connectivity index (χ0) is 22.9. The number of nitrogens with one attached hydrogen (secondary N) is 3. The Balaban J connectivity index is 1.49. The Morgan fingerprint density at radius 1 is 1.19 bits per heavy atom. The first-order valence-electron chi connectivity index (χ1n) is 10.3. The molecule has 1 aromatic carbocycles. The minimum absolute atomic E-state index is 0.116. The molecule has 8 nitrogen and oxygen atoms in total. The number of benzene rings is 1. The number of fused-ring (bicyclic) bond motifs is 1. The number of carbonyl (C=O) groups excluding carboxylic acids is 1. The van der Waals surface area contributed by atoms with Crippen molar-refractivity contribution >= 4 is 22.8 Å². The highest BCUT2D eigenvalue weighted by atomic mass is 19.1. The van der Waals surface area contributed by atoms with Crippen LogP contribution in [0.4, 0.5) is 10.2 Å². The molecule has 0 spiro atoms. The zero-order valence-corrected chi connectivity index (χ0v) is 18.4. The Bertz CT molecular complexity index is 1270. The van der Waals surface area contributed by atoms with Crippen LogP contribution >= 0.6 is 0 Å². The van der Waals surface area contributed by atoms with E-state index in [1.807, 2.05) is 33.9 Å². The Morgan fingerprint density at radius 3 is 2.69 bits per heavy atom. The molecule has 0 bridgehead atoms. The van der Waals surface area contributed by atoms with Crippen LogP contribution in [0, 0.1) is 5.82 Å². The summed E-state index contributed by atoms with van der Waals surface area (Å²) in [5, 5.41) is 17.6. The van der Waals surface area contributed by atoms with E-state index in [9.17, 15) is 9.18 Å². The first-order chi connectivity index (χ1) is 15.2. The van der Waals surface area contributed by atoms with Crippen molar-refractivity contribution in [2.24, 2.45) is 0 Å². The van der Waals surface area contributed by atoms with Crippen LogP contribution in [-0.4, -0.2) is 33.3 Å². The number of amides is 1. The quantitative estimate of drug-likeness (QED) is 0.422. The molecule has 9 heteroatoms. The molecule has 3 heterocycles. The predicted molar refractivity (Wildman–Crippen MR) is 120 cm³/mol. The largest absolute Gasteiger partial charge is 0.359 e. The van der Waals surface area contributed by atoms with Crippen molar-refractivity contribution in [3.63, 3.8) is 0 Å². The summed E-state index contributed by atoms with van der Waals surface area (Å²) in [6, 6.07) is 8.41. The predicted octanol–water partition coefficient (Wildman–Crippen LogP) is 3.95. The van der Waals surface area contributed by atoms with Crippen molar-refractivity contribution in [2.45, 2.75) is 39.2 Å². The molecule has 1 amide bonds. The first-order valence-corrected chi connectivity index (χ1v) is 10.3. The molecule has 0 aliphatic carbocycles. The summed E-state index contributed by atoms with van der Waals surface area (Å²) in [7, 11) is 1.84. The fourth-order valence-electron chi connectivity index (χ4n) is 3.33. The summed E-state index contributed by atoms with van der Waals surface area (Å²) in [5.41, 5.74) is 3.02. The molecule has 0 saturated carbocycles. The van der Waals surface area contributed by atoms with Crippen LogP contribution in [0.2, 0.25) is 0 Å². The van der Waals surface area contributed by atoms with Crippen LogP contribution in [0.3, 0.4) is 0 Å². The van der Waals surface area contributed by atoms with Gasteiger partial charge in [-0.2, -0.15) is 5.10 Å². The maximum atomic E-state index is 14.8. The van der Waals surface area contributed by atoms with E-state index in [-0.39, 0.29) is 17.7 Å². The highest BCUT2D eigenvalue weighted by molar-refractivity contribution is 5.91. The van der Waals surface area contributed by atoms with Gasteiger partial charge in [0.05, 0.1) is 12.1 Å². The maximum absolute atomic E-state index is 14.8. The normalized spacial score (nSPS) is 11.8. The minimum atomic E-state index is -0.462. The lowest BCUT2D eigenvalue weighted by Gasteiger charge is -2.12. The summed E-state index contributed by atoms with van der Waals surface area (Å²) >= 11 is 0. The van der Waals surface area contributed by atoms with Gasteiger partial charge in [-0.3, -0.25) is 9.89 Å². The molecule has 0 radical (unpaired) electrons. The fraction of sp³-hybridized carbons (Fsp3) is 0.304. The van der Waals surface area contributed by atoms with Gasteiger partial charge in [-0.1, -0.05) is 38.1 Å². The molecular weight excluding hydrogens is 411 g/mol. The smallest absolute Gasteiger partial charge is 0.230 e. The van der Waals surface area contributed by atoms with E-state index in [0.29, 0.717) is 34.9 Å². The number of pyridine rings is 1. The molecule has 166 valence electrons. The third-order valence-corrected chi connectivity index (χ3v) is 5.09. The van der Waals surface area contributed by atoms with E-state index >= 15 is 0 Å². The van der Waals surface area contributed by atoms with Crippen LogP contribution < -0.4 is 10.6 Å². The van der Waals surface area contributed by atoms with Crippen molar-refractivity contribution in [1.82, 2.24) is 25.7 Å². The van der Waals surface area contributed by atoms with Crippen LogP contribution in [0.25, 0.3) is 22.2 Å². The number of anilines is 1. The van der Waals surface area contributed by atoms with Crippen LogP contribution in [0.1, 0.15) is 37.8 Å². The number of nitrogens with zero attached hydrogens (tertiary/aromatic N) is 3. The van der Waals surface area contributed by atoms with Crippen LogP contribution in [-0.2, 0) is 23.2 Å². The molecule has 32 heavy (non-hydrogen) atoms. The number of hydrogen-bond acceptors (Lipinski definition) is 6. The molecule has 0 fully saturated rings. The lowest BCUT2D eigenvalue weighted by atomic mass is 9.93. The maximum Gasteiger partial charge on any atom is 0.230 e. The number of halogens is 1. The van der Waals surface area contributed by atoms with Gasteiger partial charge in [-0.15, -0.1) is 0 Å². The zero-order valence-electron chi connectivity index (χ0n) is 18.4. The molecule has 4 rings (SSSR count). The Morgan fingerprint density at radius 2 is 2.00 bits per heavy atom. The van der Waals surface area contributed by atoms with E-state index in [1.54, 1.807) is 24.4 Å². The summed E-state index contributed by atoms with van der Waals surface area (Å²) in [6.07, 6.45) is 1.55. The fourth-order valence-corrected chi connectivity index (χ4v) is 3.33. The Hall–Kier alpha value is -3.59. The van der Waals surface area contributed by atoms with E-state index in [4.69, 9.17) is 4.52 Å². The van der Waals surface area contributed by atoms with Gasteiger partial charge in [0.15, 0.2) is 11.5 Å². The average molecular weight is 436 g/mol. The van der Waals surface area contributed by atoms with Gasteiger partial charge in [0.2, 0.25) is 5.91 Å². The van der Waals surface area contributed by atoms with Gasteiger partial charge in [-0.25, -0.2) is 9.37 Å². The number of carbonyl (C=O) groups is 1. The first kappa shape index (κ1) is 21.6. The van der Waals surface area contributed by atoms with Gasteiger partial charge < -0.3 is 15.2 Å². The third kappa shape index (κ3) is 4.52. The monoisotopic (exact) mass is 436 g/mol. The topological polar surface area (TPSA) is 109 Å². The number of aromatic amines is 1. The molecule has 0 unspecified atom stereocenters. The molecule has 3 N–H and O–H groups in total. The lowest BCUT2D eigenvalue weighted by Crippen LogP contribution is -2.15. The number of H-pyrrole nitrogens is 1. The molecule has 0 atom stereocenters. The average Bonchev–Trinajstić information content (AvgIpc) is 3.37. The van der Waals surface area contributed by atoms with E-state index in [2.05, 4.69) is 31.0 Å². The van der Waals surface area contributed by atoms with Crippen molar-refractivity contribution in [3.05, 3.63) is 59.4 Å². The minimum Gasteiger partial charge on any atom is -0.359 e. The SMILES string of the molecule is CNCc1n[nH]c2ncc(-c3ccc(CC(=O)Nc4cc(C(C)(C)C)on4)c(F)c3)cc12. The van der Waals surface area contributed by atoms with Crippen molar-refractivity contribution < 1.29 is 13.7 Å². The second-order valence-corrected chi connectivity index (χ2v) is 8.68. The summed E-state index contributed by atoms with van der Waals surface area (Å²) in [6.45, 7) is 6.54. The molecule has 0 aliphatic heterocycles. The third-order valence-electron chi connectivity index (χ3n) is 5.09. The second-order valence-electron chi connectivity index (χ2n) is 8.68. The highest BCUT2D eigenvalue weighted by Crippen LogP contribution is 2.27. The summed E-state index contributed by atoms with van der Waals surface area (Å²) in [4.78, 5) is 16.8. The van der Waals surface area contributed by atoms with E-state index in [1.165, 1.54) is 6.07 Å².